The predicted molar refractivity (Wildman–Crippen MR) is 83.7 cm³/mol. The van der Waals surface area contributed by atoms with Gasteiger partial charge in [-0.3, -0.25) is 4.68 Å². The lowest BCUT2D eigenvalue weighted by molar-refractivity contribution is -0.141. The summed E-state index contributed by atoms with van der Waals surface area (Å²) < 4.78 is 40.7. The number of aromatic nitrogens is 3. The summed E-state index contributed by atoms with van der Waals surface area (Å²) in [5.74, 6) is 1.34. The van der Waals surface area contributed by atoms with Crippen LogP contribution < -0.4 is 4.90 Å². The van der Waals surface area contributed by atoms with Gasteiger partial charge in [-0.2, -0.15) is 18.3 Å². The summed E-state index contributed by atoms with van der Waals surface area (Å²) in [4.78, 5) is 5.83. The second-order valence-electron chi connectivity index (χ2n) is 6.85. The van der Waals surface area contributed by atoms with Crippen LogP contribution in [-0.2, 0) is 6.18 Å². The zero-order chi connectivity index (χ0) is 16.9. The molecule has 0 radical (unpaired) electrons. The van der Waals surface area contributed by atoms with Gasteiger partial charge in [0.05, 0.1) is 12.2 Å². The number of rotatable bonds is 2. The number of anilines is 1. The third-order valence-corrected chi connectivity index (χ3v) is 5.24. The number of fused-ring (bicyclic) bond motifs is 1. The number of alkyl halides is 3. The zero-order valence-electron chi connectivity index (χ0n) is 13.4. The Morgan fingerprint density at radius 3 is 2.71 bits per heavy atom. The highest BCUT2D eigenvalue weighted by Gasteiger charge is 2.44. The molecule has 1 aliphatic heterocycles. The average molecular weight is 336 g/mol. The smallest absolute Gasteiger partial charge is 0.356 e. The normalized spacial score (nSPS) is 26.8. The van der Waals surface area contributed by atoms with Crippen molar-refractivity contribution >= 4 is 5.82 Å². The first-order chi connectivity index (χ1) is 11.4. The van der Waals surface area contributed by atoms with E-state index in [-0.39, 0.29) is 0 Å². The molecule has 2 aliphatic rings. The minimum absolute atomic E-state index is 0.333. The molecule has 0 unspecified atom stereocenters. The van der Waals surface area contributed by atoms with Crippen molar-refractivity contribution in [3.05, 3.63) is 41.9 Å². The Kier molecular flexibility index (Phi) is 3.54. The minimum Gasteiger partial charge on any atom is -0.356 e. The number of pyridine rings is 1. The number of aryl methyl sites for hydroxylation is 1. The van der Waals surface area contributed by atoms with E-state index in [4.69, 9.17) is 0 Å². The van der Waals surface area contributed by atoms with Gasteiger partial charge in [-0.15, -0.1) is 0 Å². The summed E-state index contributed by atoms with van der Waals surface area (Å²) >= 11 is 0. The van der Waals surface area contributed by atoms with E-state index in [0.29, 0.717) is 23.7 Å². The van der Waals surface area contributed by atoms with Crippen LogP contribution in [0, 0.1) is 18.8 Å². The topological polar surface area (TPSA) is 34.0 Å². The number of nitrogens with zero attached hydrogens (tertiary/aromatic N) is 4. The molecule has 1 aliphatic carbocycles. The van der Waals surface area contributed by atoms with E-state index in [2.05, 4.69) is 16.3 Å². The number of hydrogen-bond donors (Lipinski definition) is 0. The van der Waals surface area contributed by atoms with Gasteiger partial charge in [0.2, 0.25) is 0 Å². The maximum Gasteiger partial charge on any atom is 0.433 e. The van der Waals surface area contributed by atoms with Crippen LogP contribution in [0.2, 0.25) is 0 Å². The van der Waals surface area contributed by atoms with Crippen LogP contribution in [0.25, 0.3) is 0 Å². The lowest BCUT2D eigenvalue weighted by Crippen LogP contribution is -2.25. The molecule has 128 valence electrons. The summed E-state index contributed by atoms with van der Waals surface area (Å²) in [6, 6.07) is 4.46. The summed E-state index contributed by atoms with van der Waals surface area (Å²) in [5, 5.41) is 4.44. The SMILES string of the molecule is Cc1cnn([C@H]2CC[C@@H]3CN(c4cccc(C(F)(F)F)n4)C[C@@H]32)c1. The number of hydrogen-bond acceptors (Lipinski definition) is 3. The summed E-state index contributed by atoms with van der Waals surface area (Å²) in [5.41, 5.74) is 0.309. The van der Waals surface area contributed by atoms with E-state index in [1.54, 1.807) is 6.07 Å². The Labute approximate surface area is 138 Å². The molecule has 2 aromatic rings. The maximum absolute atomic E-state index is 12.9. The quantitative estimate of drug-likeness (QED) is 0.839. The summed E-state index contributed by atoms with van der Waals surface area (Å²) in [6.45, 7) is 3.53. The average Bonchev–Trinajstić information content (AvgIpc) is 3.21. The van der Waals surface area contributed by atoms with E-state index in [1.165, 1.54) is 6.07 Å². The molecule has 4 nitrogen and oxygen atoms in total. The van der Waals surface area contributed by atoms with Gasteiger partial charge in [0.15, 0.2) is 0 Å². The fourth-order valence-corrected chi connectivity index (χ4v) is 4.12. The van der Waals surface area contributed by atoms with Crippen LogP contribution in [0.5, 0.6) is 0 Å². The first-order valence-electron chi connectivity index (χ1n) is 8.22. The second-order valence-corrected chi connectivity index (χ2v) is 6.85. The highest BCUT2D eigenvalue weighted by atomic mass is 19.4. The third kappa shape index (κ3) is 2.65. The van der Waals surface area contributed by atoms with Crippen LogP contribution >= 0.6 is 0 Å². The van der Waals surface area contributed by atoms with Crippen molar-refractivity contribution in [2.75, 3.05) is 18.0 Å². The van der Waals surface area contributed by atoms with Crippen LogP contribution in [0.3, 0.4) is 0 Å². The Hall–Kier alpha value is -2.05. The molecular formula is C17H19F3N4. The fourth-order valence-electron chi connectivity index (χ4n) is 4.12. The molecule has 4 rings (SSSR count). The van der Waals surface area contributed by atoms with Gasteiger partial charge >= 0.3 is 6.18 Å². The molecule has 0 spiro atoms. The van der Waals surface area contributed by atoms with Gasteiger partial charge in [0.1, 0.15) is 11.5 Å². The first-order valence-corrected chi connectivity index (χ1v) is 8.22. The molecule has 2 aromatic heterocycles. The molecule has 24 heavy (non-hydrogen) atoms. The molecule has 1 saturated heterocycles. The highest BCUT2D eigenvalue weighted by Crippen LogP contribution is 2.45. The van der Waals surface area contributed by atoms with E-state index >= 15 is 0 Å². The standard InChI is InChI=1S/C17H19F3N4/c1-11-7-21-24(8-11)14-6-5-12-9-23(10-13(12)14)16-4-2-3-15(22-16)17(18,19)20/h2-4,7-8,12-14H,5-6,9-10H2,1H3/t12-,13+,14+/m1/s1. The van der Waals surface area contributed by atoms with Crippen molar-refractivity contribution in [3.8, 4) is 0 Å². The molecule has 0 amide bonds. The molecule has 2 fully saturated rings. The van der Waals surface area contributed by atoms with Gasteiger partial charge in [-0.25, -0.2) is 4.98 Å². The van der Waals surface area contributed by atoms with E-state index in [9.17, 15) is 13.2 Å². The largest absolute Gasteiger partial charge is 0.433 e. The lowest BCUT2D eigenvalue weighted by Gasteiger charge is -2.22. The van der Waals surface area contributed by atoms with Crippen molar-refractivity contribution in [1.29, 1.82) is 0 Å². The van der Waals surface area contributed by atoms with Crippen LogP contribution in [-0.4, -0.2) is 27.9 Å². The molecule has 7 heteroatoms. The lowest BCUT2D eigenvalue weighted by atomic mass is 9.98. The van der Waals surface area contributed by atoms with Gasteiger partial charge in [0, 0.05) is 25.2 Å². The molecular weight excluding hydrogens is 317 g/mol. The van der Waals surface area contributed by atoms with E-state index in [1.807, 2.05) is 22.7 Å². The third-order valence-electron chi connectivity index (χ3n) is 5.24. The van der Waals surface area contributed by atoms with Gasteiger partial charge < -0.3 is 4.90 Å². The number of halogens is 3. The molecule has 0 N–H and O–H groups in total. The van der Waals surface area contributed by atoms with Crippen LogP contribution in [0.15, 0.2) is 30.6 Å². The molecule has 0 bridgehead atoms. The maximum atomic E-state index is 12.9. The van der Waals surface area contributed by atoms with Crippen molar-refractivity contribution < 1.29 is 13.2 Å². The van der Waals surface area contributed by atoms with Gasteiger partial charge in [-0.1, -0.05) is 6.07 Å². The second kappa shape index (κ2) is 5.50. The van der Waals surface area contributed by atoms with Crippen molar-refractivity contribution in [1.82, 2.24) is 14.8 Å². The first kappa shape index (κ1) is 15.5. The molecule has 0 aromatic carbocycles. The molecule has 3 heterocycles. The van der Waals surface area contributed by atoms with Crippen molar-refractivity contribution in [3.63, 3.8) is 0 Å². The molecule has 1 saturated carbocycles. The Balaban J connectivity index is 1.55. The Bertz CT molecular complexity index is 739. The predicted octanol–water partition coefficient (Wildman–Crippen LogP) is 3.69. The van der Waals surface area contributed by atoms with Gasteiger partial charge in [-0.05, 0) is 43.4 Å². The highest BCUT2D eigenvalue weighted by molar-refractivity contribution is 5.42. The van der Waals surface area contributed by atoms with Crippen molar-refractivity contribution in [2.24, 2.45) is 11.8 Å². The van der Waals surface area contributed by atoms with Crippen LogP contribution in [0.1, 0.15) is 30.1 Å². The summed E-state index contributed by atoms with van der Waals surface area (Å²) in [7, 11) is 0. The zero-order valence-corrected chi connectivity index (χ0v) is 13.4. The Morgan fingerprint density at radius 2 is 2.00 bits per heavy atom. The van der Waals surface area contributed by atoms with Crippen molar-refractivity contribution in [2.45, 2.75) is 32.0 Å². The van der Waals surface area contributed by atoms with Crippen LogP contribution in [0.4, 0.5) is 19.0 Å². The van der Waals surface area contributed by atoms with E-state index < -0.39 is 11.9 Å². The minimum atomic E-state index is -4.40. The Morgan fingerprint density at radius 1 is 1.17 bits per heavy atom. The summed E-state index contributed by atoms with van der Waals surface area (Å²) in [6.07, 6.45) is 1.68. The fraction of sp³-hybridized carbons (Fsp3) is 0.529. The molecule has 3 atom stereocenters. The van der Waals surface area contributed by atoms with E-state index in [0.717, 1.165) is 37.6 Å². The van der Waals surface area contributed by atoms with Gasteiger partial charge in [0.25, 0.3) is 0 Å². The monoisotopic (exact) mass is 336 g/mol.